The lowest BCUT2D eigenvalue weighted by Crippen LogP contribution is -1.88. The fraction of sp³-hybridized carbons (Fsp3) is 0.0714. The van der Waals surface area contributed by atoms with E-state index in [2.05, 4.69) is 0 Å². The fourth-order valence-corrected chi connectivity index (χ4v) is 2.15. The van der Waals surface area contributed by atoms with E-state index < -0.39 is 0 Å². The number of aryl methyl sites for hydroxylation is 1. The zero-order valence-electron chi connectivity index (χ0n) is 9.51. The Morgan fingerprint density at radius 2 is 1.83 bits per heavy atom. The summed E-state index contributed by atoms with van der Waals surface area (Å²) in [6, 6.07) is 7.91. The average molecular weight is 283 g/mol. The first-order valence-electron chi connectivity index (χ1n) is 5.23. The third-order valence-corrected chi connectivity index (χ3v) is 3.33. The number of carbonyl (C=O) groups is 1. The van der Waals surface area contributed by atoms with E-state index in [0.29, 0.717) is 33.0 Å². The lowest BCUT2D eigenvalue weighted by atomic mass is 10.0. The van der Waals surface area contributed by atoms with Crippen molar-refractivity contribution in [2.24, 2.45) is 0 Å². The van der Waals surface area contributed by atoms with Gasteiger partial charge in [0.25, 0.3) is 0 Å². The van der Waals surface area contributed by atoms with Crippen molar-refractivity contribution in [3.63, 3.8) is 0 Å². The molecule has 1 nitrogen and oxygen atoms in total. The SMILES string of the molecule is Cc1cc(-c2ccc(C=O)c(Cl)c2)c(Cl)cc1F. The van der Waals surface area contributed by atoms with Crippen LogP contribution in [0.4, 0.5) is 4.39 Å². The Labute approximate surface area is 114 Å². The molecule has 0 unspecified atom stereocenters. The highest BCUT2D eigenvalue weighted by Crippen LogP contribution is 2.32. The first-order chi connectivity index (χ1) is 8.52. The molecule has 0 bridgehead atoms. The minimum atomic E-state index is -0.348. The van der Waals surface area contributed by atoms with Crippen LogP contribution < -0.4 is 0 Å². The van der Waals surface area contributed by atoms with Crippen molar-refractivity contribution >= 4 is 29.5 Å². The van der Waals surface area contributed by atoms with Crippen LogP contribution in [0.1, 0.15) is 15.9 Å². The van der Waals surface area contributed by atoms with Crippen molar-refractivity contribution in [1.29, 1.82) is 0 Å². The molecule has 0 fully saturated rings. The zero-order chi connectivity index (χ0) is 13.3. The minimum absolute atomic E-state index is 0.313. The third kappa shape index (κ3) is 2.40. The Hall–Kier alpha value is -1.38. The number of hydrogen-bond donors (Lipinski definition) is 0. The Kier molecular flexibility index (Phi) is 3.69. The van der Waals surface area contributed by atoms with Gasteiger partial charge in [-0.25, -0.2) is 4.39 Å². The highest BCUT2D eigenvalue weighted by Gasteiger charge is 2.09. The molecule has 0 saturated carbocycles. The summed E-state index contributed by atoms with van der Waals surface area (Å²) in [5.41, 5.74) is 2.36. The summed E-state index contributed by atoms with van der Waals surface area (Å²) < 4.78 is 13.3. The number of benzene rings is 2. The van der Waals surface area contributed by atoms with Crippen LogP contribution >= 0.6 is 23.2 Å². The summed E-state index contributed by atoms with van der Waals surface area (Å²) in [5, 5.41) is 0.661. The van der Waals surface area contributed by atoms with Crippen molar-refractivity contribution in [1.82, 2.24) is 0 Å². The number of aldehydes is 1. The van der Waals surface area contributed by atoms with Crippen LogP contribution in [0.15, 0.2) is 30.3 Å². The van der Waals surface area contributed by atoms with Gasteiger partial charge in [0.05, 0.1) is 10.0 Å². The lowest BCUT2D eigenvalue weighted by molar-refractivity contribution is 0.112. The molecule has 18 heavy (non-hydrogen) atoms. The third-order valence-electron chi connectivity index (χ3n) is 2.69. The van der Waals surface area contributed by atoms with Gasteiger partial charge in [-0.2, -0.15) is 0 Å². The highest BCUT2D eigenvalue weighted by molar-refractivity contribution is 6.34. The van der Waals surface area contributed by atoms with E-state index in [1.807, 2.05) is 0 Å². The van der Waals surface area contributed by atoms with Gasteiger partial charge in [-0.05, 0) is 42.3 Å². The normalized spacial score (nSPS) is 10.4. The maximum atomic E-state index is 13.3. The first-order valence-corrected chi connectivity index (χ1v) is 5.99. The molecule has 0 heterocycles. The van der Waals surface area contributed by atoms with E-state index in [1.165, 1.54) is 6.07 Å². The lowest BCUT2D eigenvalue weighted by Gasteiger charge is -2.08. The standard InChI is InChI=1S/C14H9Cl2FO/c1-8-4-11(13(16)6-14(8)17)9-2-3-10(7-18)12(15)5-9/h2-7H,1H3. The van der Waals surface area contributed by atoms with Crippen molar-refractivity contribution in [2.45, 2.75) is 6.92 Å². The summed E-state index contributed by atoms with van der Waals surface area (Å²) in [6.45, 7) is 1.66. The van der Waals surface area contributed by atoms with E-state index >= 15 is 0 Å². The predicted molar refractivity (Wildman–Crippen MR) is 72.0 cm³/mol. The van der Waals surface area contributed by atoms with Crippen LogP contribution in [-0.2, 0) is 0 Å². The second kappa shape index (κ2) is 5.09. The van der Waals surface area contributed by atoms with Gasteiger partial charge in [0.2, 0.25) is 0 Å². The van der Waals surface area contributed by atoms with E-state index in [4.69, 9.17) is 23.2 Å². The molecule has 0 aliphatic carbocycles. The maximum Gasteiger partial charge on any atom is 0.151 e. The minimum Gasteiger partial charge on any atom is -0.298 e. The number of rotatable bonds is 2. The molecule has 0 amide bonds. The molecule has 0 spiro atoms. The molecule has 2 aromatic rings. The maximum absolute atomic E-state index is 13.3. The van der Waals surface area contributed by atoms with Gasteiger partial charge in [0.15, 0.2) is 6.29 Å². The molecule has 2 rings (SSSR count). The monoisotopic (exact) mass is 282 g/mol. The summed E-state index contributed by atoms with van der Waals surface area (Å²) in [6.07, 6.45) is 0.684. The molecule has 92 valence electrons. The molecule has 2 aromatic carbocycles. The quantitative estimate of drug-likeness (QED) is 0.715. The van der Waals surface area contributed by atoms with E-state index in [-0.39, 0.29) is 5.82 Å². The zero-order valence-corrected chi connectivity index (χ0v) is 11.0. The van der Waals surface area contributed by atoms with Crippen molar-refractivity contribution in [3.05, 3.63) is 57.3 Å². The number of carbonyl (C=O) groups excluding carboxylic acids is 1. The van der Waals surface area contributed by atoms with Gasteiger partial charge in [0, 0.05) is 11.1 Å². The van der Waals surface area contributed by atoms with Gasteiger partial charge >= 0.3 is 0 Å². The Balaban J connectivity index is 2.58. The molecule has 0 N–H and O–H groups in total. The largest absolute Gasteiger partial charge is 0.298 e. The smallest absolute Gasteiger partial charge is 0.151 e. The van der Waals surface area contributed by atoms with Gasteiger partial charge in [-0.3, -0.25) is 4.79 Å². The molecule has 0 aliphatic rings. The molecular formula is C14H9Cl2FO. The number of halogens is 3. The van der Waals surface area contributed by atoms with Crippen LogP contribution in [-0.4, -0.2) is 6.29 Å². The van der Waals surface area contributed by atoms with Gasteiger partial charge in [-0.1, -0.05) is 29.3 Å². The Morgan fingerprint density at radius 3 is 2.44 bits per heavy atom. The van der Waals surface area contributed by atoms with E-state index in [0.717, 1.165) is 5.56 Å². The fourth-order valence-electron chi connectivity index (χ4n) is 1.67. The molecular weight excluding hydrogens is 274 g/mol. The van der Waals surface area contributed by atoms with Crippen LogP contribution in [0.25, 0.3) is 11.1 Å². The molecule has 0 aliphatic heterocycles. The van der Waals surface area contributed by atoms with Crippen molar-refractivity contribution in [2.75, 3.05) is 0 Å². The summed E-state index contributed by atoms with van der Waals surface area (Å²) >= 11 is 12.0. The van der Waals surface area contributed by atoms with Gasteiger partial charge < -0.3 is 0 Å². The van der Waals surface area contributed by atoms with E-state index in [9.17, 15) is 9.18 Å². The van der Waals surface area contributed by atoms with Gasteiger partial charge in [0.1, 0.15) is 5.82 Å². The van der Waals surface area contributed by atoms with Crippen molar-refractivity contribution in [3.8, 4) is 11.1 Å². The molecule has 0 radical (unpaired) electrons. The van der Waals surface area contributed by atoms with Gasteiger partial charge in [-0.15, -0.1) is 0 Å². The van der Waals surface area contributed by atoms with Crippen LogP contribution in [0.3, 0.4) is 0 Å². The number of hydrogen-bond acceptors (Lipinski definition) is 1. The summed E-state index contributed by atoms with van der Waals surface area (Å²) in [5.74, 6) is -0.348. The van der Waals surface area contributed by atoms with Crippen LogP contribution in [0.2, 0.25) is 10.0 Å². The van der Waals surface area contributed by atoms with Crippen LogP contribution in [0.5, 0.6) is 0 Å². The predicted octanol–water partition coefficient (Wildman–Crippen LogP) is 4.92. The van der Waals surface area contributed by atoms with Crippen molar-refractivity contribution < 1.29 is 9.18 Å². The molecule has 0 aromatic heterocycles. The summed E-state index contributed by atoms with van der Waals surface area (Å²) in [7, 11) is 0. The molecule has 0 saturated heterocycles. The second-order valence-electron chi connectivity index (χ2n) is 3.94. The molecule has 4 heteroatoms. The Bertz CT molecular complexity index is 623. The molecule has 0 atom stereocenters. The second-order valence-corrected chi connectivity index (χ2v) is 4.75. The van der Waals surface area contributed by atoms with Crippen LogP contribution in [0, 0.1) is 12.7 Å². The average Bonchev–Trinajstić information content (AvgIpc) is 2.33. The topological polar surface area (TPSA) is 17.1 Å². The van der Waals surface area contributed by atoms with E-state index in [1.54, 1.807) is 31.2 Å². The first kappa shape index (κ1) is 13.1. The highest BCUT2D eigenvalue weighted by atomic mass is 35.5. The Morgan fingerprint density at radius 1 is 1.11 bits per heavy atom. The summed E-state index contributed by atoms with van der Waals surface area (Å²) in [4.78, 5) is 10.7.